The van der Waals surface area contributed by atoms with E-state index in [1.165, 1.54) is 23.5 Å². The zero-order valence-corrected chi connectivity index (χ0v) is 14.4. The number of sulfonamides is 1. The molecular weight excluding hydrogens is 345 g/mol. The summed E-state index contributed by atoms with van der Waals surface area (Å²) in [6, 6.07) is 11.1. The summed E-state index contributed by atoms with van der Waals surface area (Å²) in [4.78, 5) is 0.159. The third-order valence-electron chi connectivity index (χ3n) is 3.13. The maximum Gasteiger partial charge on any atom is 0.264 e. The van der Waals surface area contributed by atoms with E-state index in [2.05, 4.69) is 0 Å². The van der Waals surface area contributed by atoms with Crippen LogP contribution in [0, 0.1) is 0 Å². The van der Waals surface area contributed by atoms with Crippen LogP contribution in [0.1, 0.15) is 6.92 Å². The van der Waals surface area contributed by atoms with E-state index in [9.17, 15) is 8.42 Å². The van der Waals surface area contributed by atoms with Crippen LogP contribution in [0.25, 0.3) is 0 Å². The molecule has 0 spiro atoms. The second kappa shape index (κ2) is 6.77. The standard InChI is InChI=1S/C15H15Cl2NO3S/c1-3-18(14-6-4-5-13(16)15(14)17)22(19,20)12-9-7-11(21-2)8-10-12/h4-10H,3H2,1-2H3. The molecule has 0 radical (unpaired) electrons. The molecule has 2 aromatic carbocycles. The molecule has 0 fully saturated rings. The predicted molar refractivity (Wildman–Crippen MR) is 89.7 cm³/mol. The fourth-order valence-electron chi connectivity index (χ4n) is 2.03. The van der Waals surface area contributed by atoms with Gasteiger partial charge in [-0.2, -0.15) is 0 Å². The number of methoxy groups -OCH3 is 1. The normalized spacial score (nSPS) is 11.3. The second-order valence-corrected chi connectivity index (χ2v) is 7.07. The predicted octanol–water partition coefficient (Wildman–Crippen LogP) is 4.22. The van der Waals surface area contributed by atoms with Gasteiger partial charge < -0.3 is 4.74 Å². The van der Waals surface area contributed by atoms with E-state index >= 15 is 0 Å². The van der Waals surface area contributed by atoms with Crippen LogP contribution in [0.15, 0.2) is 47.4 Å². The maximum absolute atomic E-state index is 12.8. The topological polar surface area (TPSA) is 46.6 Å². The van der Waals surface area contributed by atoms with Gasteiger partial charge in [0, 0.05) is 6.54 Å². The van der Waals surface area contributed by atoms with Gasteiger partial charge in [0.1, 0.15) is 5.75 Å². The molecule has 22 heavy (non-hydrogen) atoms. The molecule has 7 heteroatoms. The van der Waals surface area contributed by atoms with Crippen molar-refractivity contribution in [3.05, 3.63) is 52.5 Å². The number of rotatable bonds is 5. The Hall–Kier alpha value is -1.43. The van der Waals surface area contributed by atoms with Crippen LogP contribution < -0.4 is 9.04 Å². The first-order valence-electron chi connectivity index (χ1n) is 6.52. The van der Waals surface area contributed by atoms with E-state index in [0.717, 1.165) is 0 Å². The third-order valence-corrected chi connectivity index (χ3v) is 5.85. The van der Waals surface area contributed by atoms with E-state index in [0.29, 0.717) is 16.5 Å². The van der Waals surface area contributed by atoms with Crippen molar-refractivity contribution >= 4 is 38.9 Å². The van der Waals surface area contributed by atoms with E-state index in [1.54, 1.807) is 37.3 Å². The van der Waals surface area contributed by atoms with Crippen molar-refractivity contribution in [2.75, 3.05) is 18.0 Å². The molecule has 0 aliphatic heterocycles. The highest BCUT2D eigenvalue weighted by molar-refractivity contribution is 7.92. The number of hydrogen-bond acceptors (Lipinski definition) is 3. The minimum atomic E-state index is -3.73. The molecule has 0 amide bonds. The van der Waals surface area contributed by atoms with Gasteiger partial charge in [-0.05, 0) is 43.3 Å². The summed E-state index contributed by atoms with van der Waals surface area (Å²) in [6.45, 7) is 1.97. The Morgan fingerprint density at radius 2 is 1.73 bits per heavy atom. The molecule has 0 saturated carbocycles. The SMILES string of the molecule is CCN(c1cccc(Cl)c1Cl)S(=O)(=O)c1ccc(OC)cc1. The molecule has 0 atom stereocenters. The van der Waals surface area contributed by atoms with Crippen molar-refractivity contribution in [2.45, 2.75) is 11.8 Å². The van der Waals surface area contributed by atoms with Gasteiger partial charge in [0.2, 0.25) is 0 Å². The molecule has 0 aliphatic rings. The van der Waals surface area contributed by atoms with Gasteiger partial charge in [-0.15, -0.1) is 0 Å². The number of nitrogens with zero attached hydrogens (tertiary/aromatic N) is 1. The summed E-state index contributed by atoms with van der Waals surface area (Å²) < 4.78 is 31.9. The van der Waals surface area contributed by atoms with Crippen LogP contribution in [0.5, 0.6) is 5.75 Å². The number of benzene rings is 2. The number of ether oxygens (including phenoxy) is 1. The number of anilines is 1. The van der Waals surface area contributed by atoms with Crippen LogP contribution in [-0.4, -0.2) is 22.1 Å². The van der Waals surface area contributed by atoms with Crippen LogP contribution in [0.3, 0.4) is 0 Å². The average Bonchev–Trinajstić information content (AvgIpc) is 2.52. The van der Waals surface area contributed by atoms with E-state index in [4.69, 9.17) is 27.9 Å². The Kier molecular flexibility index (Phi) is 5.21. The Balaban J connectivity index is 2.50. The highest BCUT2D eigenvalue weighted by atomic mass is 35.5. The fraction of sp³-hybridized carbons (Fsp3) is 0.200. The minimum absolute atomic E-state index is 0.159. The van der Waals surface area contributed by atoms with Gasteiger partial charge in [-0.3, -0.25) is 4.31 Å². The molecule has 0 N–H and O–H groups in total. The number of halogens is 2. The molecule has 0 aliphatic carbocycles. The van der Waals surface area contributed by atoms with Crippen LogP contribution >= 0.6 is 23.2 Å². The summed E-state index contributed by atoms with van der Waals surface area (Å²) in [5.74, 6) is 0.586. The Labute approximate surface area is 140 Å². The van der Waals surface area contributed by atoms with Gasteiger partial charge in [0.25, 0.3) is 10.0 Å². The van der Waals surface area contributed by atoms with Crippen molar-refractivity contribution in [1.29, 1.82) is 0 Å². The Morgan fingerprint density at radius 3 is 2.27 bits per heavy atom. The lowest BCUT2D eigenvalue weighted by molar-refractivity contribution is 0.414. The smallest absolute Gasteiger partial charge is 0.264 e. The molecule has 0 aromatic heterocycles. The molecule has 0 unspecified atom stereocenters. The van der Waals surface area contributed by atoms with Crippen molar-refractivity contribution in [3.63, 3.8) is 0 Å². The molecule has 118 valence electrons. The average molecular weight is 360 g/mol. The summed E-state index contributed by atoms with van der Waals surface area (Å²) in [6.07, 6.45) is 0. The lowest BCUT2D eigenvalue weighted by atomic mass is 10.3. The lowest BCUT2D eigenvalue weighted by Gasteiger charge is -2.24. The van der Waals surface area contributed by atoms with Crippen molar-refractivity contribution in [3.8, 4) is 5.75 Å². The van der Waals surface area contributed by atoms with E-state index in [-0.39, 0.29) is 16.5 Å². The minimum Gasteiger partial charge on any atom is -0.497 e. The van der Waals surface area contributed by atoms with E-state index < -0.39 is 10.0 Å². The zero-order chi connectivity index (χ0) is 16.3. The molecule has 0 bridgehead atoms. The number of hydrogen-bond donors (Lipinski definition) is 0. The monoisotopic (exact) mass is 359 g/mol. The third kappa shape index (κ3) is 3.16. The first-order chi connectivity index (χ1) is 10.4. The molecule has 0 heterocycles. The highest BCUT2D eigenvalue weighted by Gasteiger charge is 2.25. The first-order valence-corrected chi connectivity index (χ1v) is 8.72. The second-order valence-electron chi connectivity index (χ2n) is 4.42. The van der Waals surface area contributed by atoms with Crippen LogP contribution in [0.2, 0.25) is 10.0 Å². The quantitative estimate of drug-likeness (QED) is 0.802. The van der Waals surface area contributed by atoms with Crippen LogP contribution in [0.4, 0.5) is 5.69 Å². The zero-order valence-electron chi connectivity index (χ0n) is 12.1. The molecule has 2 aromatic rings. The summed E-state index contributed by atoms with van der Waals surface area (Å²) in [5, 5.41) is 0.519. The first kappa shape index (κ1) is 16.9. The van der Waals surface area contributed by atoms with Crippen molar-refractivity contribution < 1.29 is 13.2 Å². The van der Waals surface area contributed by atoms with Gasteiger partial charge in [-0.25, -0.2) is 8.42 Å². The van der Waals surface area contributed by atoms with Gasteiger partial charge >= 0.3 is 0 Å². The Bertz CT molecular complexity index is 761. The Morgan fingerprint density at radius 1 is 1.09 bits per heavy atom. The summed E-state index contributed by atoms with van der Waals surface area (Å²) >= 11 is 12.1. The summed E-state index contributed by atoms with van der Waals surface area (Å²) in [5.41, 5.74) is 0.354. The van der Waals surface area contributed by atoms with Gasteiger partial charge in [0.15, 0.2) is 0 Å². The van der Waals surface area contributed by atoms with Crippen molar-refractivity contribution in [2.24, 2.45) is 0 Å². The van der Waals surface area contributed by atoms with Gasteiger partial charge in [0.05, 0.1) is 27.7 Å². The molecule has 2 rings (SSSR count). The highest BCUT2D eigenvalue weighted by Crippen LogP contribution is 2.35. The molecule has 0 saturated heterocycles. The van der Waals surface area contributed by atoms with E-state index in [1.807, 2.05) is 0 Å². The largest absolute Gasteiger partial charge is 0.497 e. The van der Waals surface area contributed by atoms with Crippen LogP contribution in [-0.2, 0) is 10.0 Å². The van der Waals surface area contributed by atoms with Gasteiger partial charge in [-0.1, -0.05) is 29.3 Å². The van der Waals surface area contributed by atoms with Crippen molar-refractivity contribution in [1.82, 2.24) is 0 Å². The molecule has 4 nitrogen and oxygen atoms in total. The summed E-state index contributed by atoms with van der Waals surface area (Å²) in [7, 11) is -2.21. The maximum atomic E-state index is 12.8. The lowest BCUT2D eigenvalue weighted by Crippen LogP contribution is -2.31. The molecular formula is C15H15Cl2NO3S. The fourth-order valence-corrected chi connectivity index (χ4v) is 3.96.